The number of fused-ring (bicyclic) bond motifs is 1. The smallest absolute Gasteiger partial charge is 0.1000 e. The number of halogens is 3. The number of rotatable bonds is 7. The summed E-state index contributed by atoms with van der Waals surface area (Å²) in [7, 11) is 5.26. The van der Waals surface area contributed by atoms with Gasteiger partial charge in [-0.05, 0) is 79.9 Å². The van der Waals surface area contributed by atoms with Crippen molar-refractivity contribution in [1.82, 2.24) is 8.61 Å². The molecule has 4 rings (SSSR count). The Morgan fingerprint density at radius 2 is 1.68 bits per heavy atom. The van der Waals surface area contributed by atoms with Crippen molar-refractivity contribution in [3.05, 3.63) is 77.1 Å². The zero-order chi connectivity index (χ0) is 21.8. The number of piperidine rings is 1. The summed E-state index contributed by atoms with van der Waals surface area (Å²) in [6.07, 6.45) is 1.99. The van der Waals surface area contributed by atoms with E-state index in [9.17, 15) is 0 Å². The zero-order valence-electron chi connectivity index (χ0n) is 16.9. The Morgan fingerprint density at radius 3 is 2.29 bits per heavy atom. The molecule has 9 heteroatoms. The van der Waals surface area contributed by atoms with Gasteiger partial charge in [0.1, 0.15) is 0 Å². The summed E-state index contributed by atoms with van der Waals surface area (Å²) in [4.78, 5) is 1.23. The second-order valence-corrected chi connectivity index (χ2v) is 12.6. The highest BCUT2D eigenvalue weighted by Gasteiger charge is 2.44. The SMILES string of the molecule is CCOC1=C2CN(SI)[C@H](c3ccccc3)CC2N(SI)[C@H](c2ccc(SBr)cc2)C1. The number of benzene rings is 2. The lowest BCUT2D eigenvalue weighted by Crippen LogP contribution is -2.47. The molecule has 1 fully saturated rings. The molecule has 0 bridgehead atoms. The van der Waals surface area contributed by atoms with Gasteiger partial charge in [0.2, 0.25) is 0 Å². The van der Waals surface area contributed by atoms with Crippen LogP contribution in [0.1, 0.15) is 43.0 Å². The molecule has 0 aromatic heterocycles. The minimum Gasteiger partial charge on any atom is -0.498 e. The summed E-state index contributed by atoms with van der Waals surface area (Å²) in [5, 5.41) is 0. The highest BCUT2D eigenvalue weighted by Crippen LogP contribution is 2.51. The van der Waals surface area contributed by atoms with Crippen molar-refractivity contribution in [3.63, 3.8) is 0 Å². The average Bonchev–Trinajstić information content (AvgIpc) is 2.83. The summed E-state index contributed by atoms with van der Waals surface area (Å²) in [6, 6.07) is 20.9. The summed E-state index contributed by atoms with van der Waals surface area (Å²) in [5.41, 5.74) is 4.20. The standard InChI is InChI=1S/C22H23BrI2N2OS3/c1-2-28-22-13-20(16-8-10-17(29-23)11-9-16)27(31-25)21-12-19(15-6-4-3-5-7-15)26(30-24)14-18(21)22/h3-11,19-21H,2,12-14H2,1H3/t19-,20-,21?/m0/s1. The molecule has 3 nitrogen and oxygen atoms in total. The lowest BCUT2D eigenvalue weighted by molar-refractivity contribution is 0.129. The first kappa shape index (κ1) is 25.0. The predicted molar refractivity (Wildman–Crippen MR) is 157 cm³/mol. The van der Waals surface area contributed by atoms with E-state index in [4.69, 9.17) is 4.74 Å². The molecule has 0 amide bonds. The second kappa shape index (κ2) is 12.0. The highest BCUT2D eigenvalue weighted by molar-refractivity contribution is 14.2. The van der Waals surface area contributed by atoms with Crippen LogP contribution in [-0.4, -0.2) is 27.8 Å². The van der Waals surface area contributed by atoms with Gasteiger partial charge in [-0.25, -0.2) is 8.61 Å². The van der Waals surface area contributed by atoms with Gasteiger partial charge < -0.3 is 4.74 Å². The Balaban J connectivity index is 1.72. The van der Waals surface area contributed by atoms with E-state index in [1.165, 1.54) is 27.4 Å². The first-order valence-corrected chi connectivity index (χ1v) is 19.4. The van der Waals surface area contributed by atoms with Crippen molar-refractivity contribution in [3.8, 4) is 0 Å². The maximum atomic E-state index is 6.27. The average molecular weight is 761 g/mol. The predicted octanol–water partition coefficient (Wildman–Crippen LogP) is 8.94. The van der Waals surface area contributed by atoms with Crippen molar-refractivity contribution in [1.29, 1.82) is 0 Å². The molecule has 3 atom stereocenters. The Bertz CT molecular complexity index is 903. The van der Waals surface area contributed by atoms with E-state index < -0.39 is 0 Å². The van der Waals surface area contributed by atoms with E-state index in [1.54, 1.807) is 10.2 Å². The molecule has 0 radical (unpaired) electrons. The maximum absolute atomic E-state index is 6.27. The molecule has 0 N–H and O–H groups in total. The van der Waals surface area contributed by atoms with Gasteiger partial charge in [-0.15, -0.1) is 0 Å². The Morgan fingerprint density at radius 1 is 0.968 bits per heavy atom. The van der Waals surface area contributed by atoms with E-state index in [2.05, 4.69) is 127 Å². The van der Waals surface area contributed by atoms with Crippen molar-refractivity contribution >= 4 is 85.7 Å². The molecular formula is C22H23BrI2N2OS3. The molecule has 0 saturated carbocycles. The van der Waals surface area contributed by atoms with Gasteiger partial charge in [-0.2, -0.15) is 0 Å². The molecule has 2 aromatic rings. The minimum atomic E-state index is 0.307. The summed E-state index contributed by atoms with van der Waals surface area (Å²) >= 11 is 8.38. The molecule has 2 aliphatic rings. The third kappa shape index (κ3) is 5.59. The second-order valence-electron chi connectivity index (χ2n) is 7.50. The monoisotopic (exact) mass is 760 g/mol. The van der Waals surface area contributed by atoms with Crippen LogP contribution in [0, 0.1) is 0 Å². The van der Waals surface area contributed by atoms with Gasteiger partial charge in [-0.1, -0.05) is 42.5 Å². The van der Waals surface area contributed by atoms with Crippen LogP contribution in [0.5, 0.6) is 0 Å². The molecule has 31 heavy (non-hydrogen) atoms. The van der Waals surface area contributed by atoms with Crippen molar-refractivity contribution in [2.24, 2.45) is 0 Å². The summed E-state index contributed by atoms with van der Waals surface area (Å²) in [6.45, 7) is 3.75. The van der Waals surface area contributed by atoms with Crippen LogP contribution >= 0.6 is 85.7 Å². The van der Waals surface area contributed by atoms with Crippen molar-refractivity contribution in [2.45, 2.75) is 42.8 Å². The van der Waals surface area contributed by atoms with Crippen molar-refractivity contribution < 1.29 is 4.74 Å². The fourth-order valence-electron chi connectivity index (χ4n) is 4.48. The molecule has 0 spiro atoms. The molecule has 2 heterocycles. The fraction of sp³-hybridized carbons (Fsp3) is 0.364. The van der Waals surface area contributed by atoms with Gasteiger partial charge in [0.25, 0.3) is 0 Å². The van der Waals surface area contributed by atoms with E-state index >= 15 is 0 Å². The summed E-state index contributed by atoms with van der Waals surface area (Å²) < 4.78 is 11.4. The molecule has 2 aromatic carbocycles. The number of ether oxygens (including phenoxy) is 1. The van der Waals surface area contributed by atoms with E-state index in [-0.39, 0.29) is 0 Å². The van der Waals surface area contributed by atoms with Crippen LogP contribution < -0.4 is 0 Å². The molecular weight excluding hydrogens is 738 g/mol. The maximum Gasteiger partial charge on any atom is 0.1000 e. The molecule has 1 saturated heterocycles. The van der Waals surface area contributed by atoms with Gasteiger partial charge in [0, 0.05) is 77.9 Å². The first-order chi connectivity index (χ1) is 15.2. The normalized spacial score (nSPS) is 24.8. The van der Waals surface area contributed by atoms with E-state index in [0.717, 1.165) is 19.4 Å². The van der Waals surface area contributed by atoms with E-state index in [1.807, 2.05) is 18.2 Å². The van der Waals surface area contributed by atoms with Gasteiger partial charge >= 0.3 is 0 Å². The molecule has 166 valence electrons. The van der Waals surface area contributed by atoms with Gasteiger partial charge in [0.15, 0.2) is 0 Å². The van der Waals surface area contributed by atoms with Crippen LogP contribution in [0.3, 0.4) is 0 Å². The minimum absolute atomic E-state index is 0.307. The quantitative estimate of drug-likeness (QED) is 0.206. The number of nitrogens with zero attached hydrogens (tertiary/aromatic N) is 2. The Labute approximate surface area is 229 Å². The lowest BCUT2D eigenvalue weighted by atomic mass is 9.84. The van der Waals surface area contributed by atoms with Crippen LogP contribution in [0.25, 0.3) is 0 Å². The third-order valence-corrected chi connectivity index (χ3v) is 11.6. The lowest BCUT2D eigenvalue weighted by Gasteiger charge is -2.48. The van der Waals surface area contributed by atoms with Crippen LogP contribution in [0.2, 0.25) is 0 Å². The van der Waals surface area contributed by atoms with Gasteiger partial charge in [-0.3, -0.25) is 0 Å². The Kier molecular flexibility index (Phi) is 9.70. The Hall–Kier alpha value is 0.890. The van der Waals surface area contributed by atoms with Crippen molar-refractivity contribution in [2.75, 3.05) is 13.2 Å². The van der Waals surface area contributed by atoms with Crippen LogP contribution in [0.4, 0.5) is 0 Å². The van der Waals surface area contributed by atoms with E-state index in [0.29, 0.717) is 24.7 Å². The van der Waals surface area contributed by atoms with Gasteiger partial charge in [0.05, 0.1) is 18.4 Å². The third-order valence-electron chi connectivity index (χ3n) is 5.90. The van der Waals surface area contributed by atoms with Crippen LogP contribution in [-0.2, 0) is 4.74 Å². The largest absolute Gasteiger partial charge is 0.498 e. The zero-order valence-corrected chi connectivity index (χ0v) is 25.3. The molecule has 2 aliphatic heterocycles. The molecule has 0 aliphatic carbocycles. The molecule has 1 unspecified atom stereocenters. The summed E-state index contributed by atoms with van der Waals surface area (Å²) in [5.74, 6) is 1.19. The highest BCUT2D eigenvalue weighted by atomic mass is 127. The van der Waals surface area contributed by atoms with Crippen LogP contribution in [0.15, 0.2) is 70.8 Å². The first-order valence-electron chi connectivity index (χ1n) is 10.1. The number of hydrogen-bond donors (Lipinski definition) is 0. The number of hydrogen-bond acceptors (Lipinski definition) is 6. The topological polar surface area (TPSA) is 15.7 Å². The fourth-order valence-corrected chi connectivity index (χ4v) is 9.35.